The summed E-state index contributed by atoms with van der Waals surface area (Å²) in [4.78, 5) is 84.2. The van der Waals surface area contributed by atoms with Crippen LogP contribution in [0.25, 0.3) is 21.6 Å². The lowest BCUT2D eigenvalue weighted by Crippen LogP contribution is -2.61. The number of pyridine rings is 1. The molecule has 56 heavy (non-hydrogen) atoms. The lowest BCUT2D eigenvalue weighted by molar-refractivity contribution is -0.143. The highest BCUT2D eigenvalue weighted by Gasteiger charge is 2.61. The first-order valence-corrected chi connectivity index (χ1v) is 19.1. The van der Waals surface area contributed by atoms with Gasteiger partial charge in [0.2, 0.25) is 17.7 Å². The topological polar surface area (TPSA) is 194 Å². The van der Waals surface area contributed by atoms with Crippen LogP contribution in [0.1, 0.15) is 64.7 Å². The Morgan fingerprint density at radius 3 is 2.32 bits per heavy atom. The maximum atomic E-state index is 14.6. The molecule has 4 N–H and O–H groups in total. The molecule has 0 bridgehead atoms. The molecule has 1 saturated heterocycles. The minimum absolute atomic E-state index is 0.0213. The first-order chi connectivity index (χ1) is 26.5. The fourth-order valence-electron chi connectivity index (χ4n) is 6.54. The molecule has 0 unspecified atom stereocenters. The molecule has 0 spiro atoms. The van der Waals surface area contributed by atoms with Crippen LogP contribution < -0.4 is 26.2 Å². The number of para-hydroxylation sites is 2. The number of ether oxygens (including phenoxy) is 2. The summed E-state index contributed by atoms with van der Waals surface area (Å²) in [6.45, 7) is 14.3. The van der Waals surface area contributed by atoms with Gasteiger partial charge in [0.05, 0.1) is 28.0 Å². The molecule has 4 aromatic rings. The first-order valence-electron chi connectivity index (χ1n) is 18.2. The molecule has 1 aromatic carbocycles. The van der Waals surface area contributed by atoms with Crippen molar-refractivity contribution in [2.24, 2.45) is 11.3 Å². The Balaban J connectivity index is 1.29. The lowest BCUT2D eigenvalue weighted by atomic mass is 9.85. The van der Waals surface area contributed by atoms with Gasteiger partial charge in [-0.05, 0) is 68.3 Å². The van der Waals surface area contributed by atoms with E-state index < -0.39 is 70.4 Å². The van der Waals surface area contributed by atoms with Gasteiger partial charge in [-0.1, -0.05) is 45.0 Å². The molecule has 2 aliphatic rings. The maximum absolute atomic E-state index is 14.6. The number of likely N-dealkylation sites (tertiary alicyclic amines) is 1. The zero-order valence-electron chi connectivity index (χ0n) is 32.1. The standard InChI is InChI=1S/C40H46N8O7S/c1-8-24-20-40(24,36(52)47-46-32(49)23-13-11-17-41-21-23)45-33(50)28-19-25(22-48(28)35(51)31(38(2,3)4)44-37(53)55-39(5,6)7)54-34-30(29-16-12-18-56-29)42-26-14-9-10-15-27(26)43-34/h8-18,21,24-25,28,31H,1,19-20,22H2,2-7H3,(H,44,53)(H,45,50)(H,46,49)(H,47,52)/t24-,25-,28+,31-,40+/m1/s1. The van der Waals surface area contributed by atoms with E-state index >= 15 is 0 Å². The van der Waals surface area contributed by atoms with Crippen LogP contribution in [-0.2, 0) is 19.1 Å². The second-order valence-corrected chi connectivity index (χ2v) is 16.9. The number of hydrogen-bond acceptors (Lipinski definition) is 11. The number of fused-ring (bicyclic) bond motifs is 1. The number of benzene rings is 1. The Morgan fingerprint density at radius 2 is 1.71 bits per heavy atom. The highest BCUT2D eigenvalue weighted by atomic mass is 32.1. The SMILES string of the molecule is C=C[C@@H]1C[C@@]1(NC(=O)[C@@H]1C[C@@H](Oc2nc3ccccc3nc2-c2cccs2)CN1C(=O)[C@@H](NC(=O)OC(C)(C)C)C(C)(C)C)C(=O)NNC(=O)c1cccnc1. The Kier molecular flexibility index (Phi) is 11.1. The molecule has 15 nitrogen and oxygen atoms in total. The highest BCUT2D eigenvalue weighted by Crippen LogP contribution is 2.45. The largest absolute Gasteiger partial charge is 0.471 e. The number of rotatable bonds is 10. The molecular formula is C40H46N8O7S. The van der Waals surface area contributed by atoms with Crippen molar-refractivity contribution in [2.75, 3.05) is 6.54 Å². The van der Waals surface area contributed by atoms with Gasteiger partial charge < -0.3 is 25.0 Å². The minimum Gasteiger partial charge on any atom is -0.471 e. The molecule has 6 rings (SSSR count). The summed E-state index contributed by atoms with van der Waals surface area (Å²) in [6, 6.07) is 12.1. The Labute approximate surface area is 328 Å². The average molecular weight is 783 g/mol. The van der Waals surface area contributed by atoms with E-state index in [2.05, 4.69) is 33.0 Å². The van der Waals surface area contributed by atoms with Gasteiger partial charge in [0.1, 0.15) is 35.0 Å². The number of nitrogens with one attached hydrogen (secondary N) is 4. The Morgan fingerprint density at radius 1 is 0.982 bits per heavy atom. The van der Waals surface area contributed by atoms with Crippen molar-refractivity contribution in [1.82, 2.24) is 41.3 Å². The fraction of sp³-hybridized carbons (Fsp3) is 0.400. The molecule has 294 valence electrons. The van der Waals surface area contributed by atoms with E-state index in [-0.39, 0.29) is 30.8 Å². The van der Waals surface area contributed by atoms with Gasteiger partial charge in [0.25, 0.3) is 11.8 Å². The van der Waals surface area contributed by atoms with Crippen LogP contribution >= 0.6 is 11.3 Å². The van der Waals surface area contributed by atoms with E-state index in [0.29, 0.717) is 16.7 Å². The van der Waals surface area contributed by atoms with Gasteiger partial charge in [0.15, 0.2) is 0 Å². The van der Waals surface area contributed by atoms with Crippen LogP contribution in [0.15, 0.2) is 79.0 Å². The minimum atomic E-state index is -1.46. The van der Waals surface area contributed by atoms with Crippen LogP contribution in [0.4, 0.5) is 4.79 Å². The third-order valence-electron chi connectivity index (χ3n) is 9.46. The van der Waals surface area contributed by atoms with Gasteiger partial charge in [-0.2, -0.15) is 0 Å². The second kappa shape index (κ2) is 15.7. The van der Waals surface area contributed by atoms with Gasteiger partial charge >= 0.3 is 6.09 Å². The summed E-state index contributed by atoms with van der Waals surface area (Å²) in [5.74, 6) is -2.66. The Bertz CT molecular complexity index is 2130. The Hall–Kier alpha value is -5.90. The van der Waals surface area contributed by atoms with Gasteiger partial charge in [-0.25, -0.2) is 14.8 Å². The average Bonchev–Trinajstić information content (AvgIpc) is 3.43. The van der Waals surface area contributed by atoms with E-state index in [1.165, 1.54) is 34.7 Å². The van der Waals surface area contributed by atoms with Gasteiger partial charge in [-0.3, -0.25) is 35.0 Å². The molecule has 1 saturated carbocycles. The van der Waals surface area contributed by atoms with Crippen molar-refractivity contribution in [3.05, 3.63) is 84.5 Å². The molecule has 1 aliphatic heterocycles. The maximum Gasteiger partial charge on any atom is 0.408 e. The zero-order valence-corrected chi connectivity index (χ0v) is 32.9. The summed E-state index contributed by atoms with van der Waals surface area (Å²) in [6.07, 6.45) is 3.11. The van der Waals surface area contributed by atoms with Gasteiger partial charge in [0, 0.05) is 24.7 Å². The third-order valence-corrected chi connectivity index (χ3v) is 10.3. The molecule has 0 radical (unpaired) electrons. The second-order valence-electron chi connectivity index (χ2n) is 15.9. The molecule has 3 aromatic heterocycles. The molecular weight excluding hydrogens is 737 g/mol. The zero-order chi connectivity index (χ0) is 40.4. The molecule has 4 heterocycles. The van der Waals surface area contributed by atoms with Crippen LogP contribution in [0.5, 0.6) is 5.88 Å². The van der Waals surface area contributed by atoms with Crippen LogP contribution in [0.2, 0.25) is 0 Å². The third kappa shape index (κ3) is 8.80. The molecule has 5 atom stereocenters. The number of alkyl carbamates (subject to hydrolysis) is 1. The number of nitrogens with zero attached hydrogens (tertiary/aromatic N) is 4. The predicted octanol–water partition coefficient (Wildman–Crippen LogP) is 4.56. The van der Waals surface area contributed by atoms with Crippen molar-refractivity contribution in [2.45, 2.75) is 83.7 Å². The van der Waals surface area contributed by atoms with Crippen molar-refractivity contribution in [3.8, 4) is 16.5 Å². The monoisotopic (exact) mass is 782 g/mol. The van der Waals surface area contributed by atoms with Crippen LogP contribution in [0, 0.1) is 11.3 Å². The number of carbonyl (C=O) groups is 5. The summed E-state index contributed by atoms with van der Waals surface area (Å²) < 4.78 is 12.1. The van der Waals surface area contributed by atoms with E-state index in [0.717, 1.165) is 4.88 Å². The van der Waals surface area contributed by atoms with Crippen molar-refractivity contribution in [1.29, 1.82) is 0 Å². The van der Waals surface area contributed by atoms with Crippen LogP contribution in [0.3, 0.4) is 0 Å². The smallest absolute Gasteiger partial charge is 0.408 e. The van der Waals surface area contributed by atoms with E-state index in [9.17, 15) is 24.0 Å². The molecule has 16 heteroatoms. The van der Waals surface area contributed by atoms with E-state index in [1.54, 1.807) is 53.7 Å². The number of thiophene rings is 1. The van der Waals surface area contributed by atoms with Crippen molar-refractivity contribution < 1.29 is 33.4 Å². The number of hydrazine groups is 1. The van der Waals surface area contributed by atoms with Crippen LogP contribution in [-0.4, -0.2) is 85.4 Å². The number of aromatic nitrogens is 3. The molecule has 5 amide bonds. The van der Waals surface area contributed by atoms with Crippen molar-refractivity contribution in [3.63, 3.8) is 0 Å². The molecule has 2 fully saturated rings. The summed E-state index contributed by atoms with van der Waals surface area (Å²) in [5.41, 5.74) is 3.71. The van der Waals surface area contributed by atoms with E-state index in [1.807, 2.05) is 41.8 Å². The predicted molar refractivity (Wildman–Crippen MR) is 209 cm³/mol. The number of carbonyl (C=O) groups excluding carboxylic acids is 5. The normalized spacial score (nSPS) is 21.0. The lowest BCUT2D eigenvalue weighted by Gasteiger charge is -2.36. The first kappa shape index (κ1) is 39.8. The van der Waals surface area contributed by atoms with E-state index in [4.69, 9.17) is 19.4 Å². The summed E-state index contributed by atoms with van der Waals surface area (Å²) >= 11 is 1.47. The summed E-state index contributed by atoms with van der Waals surface area (Å²) in [7, 11) is 0. The number of hydrogen-bond donors (Lipinski definition) is 4. The fourth-order valence-corrected chi connectivity index (χ4v) is 7.25. The summed E-state index contributed by atoms with van der Waals surface area (Å²) in [5, 5.41) is 7.52. The van der Waals surface area contributed by atoms with Crippen molar-refractivity contribution >= 4 is 52.1 Å². The van der Waals surface area contributed by atoms with Gasteiger partial charge in [-0.15, -0.1) is 17.9 Å². The highest BCUT2D eigenvalue weighted by molar-refractivity contribution is 7.13. The molecule has 1 aliphatic carbocycles. The number of amides is 5. The quantitative estimate of drug-likeness (QED) is 0.131.